The summed E-state index contributed by atoms with van der Waals surface area (Å²) in [5.74, 6) is -2.17. The lowest BCUT2D eigenvalue weighted by atomic mass is 10.0. The first-order chi connectivity index (χ1) is 11.7. The van der Waals surface area contributed by atoms with Crippen LogP contribution in [0.25, 0.3) is 0 Å². The normalized spacial score (nSPS) is 12.5. The van der Waals surface area contributed by atoms with Crippen molar-refractivity contribution in [3.05, 3.63) is 69.7 Å². The van der Waals surface area contributed by atoms with E-state index in [0.29, 0.717) is 16.1 Å². The van der Waals surface area contributed by atoms with Gasteiger partial charge in [0.05, 0.1) is 5.56 Å². The van der Waals surface area contributed by atoms with Gasteiger partial charge in [0.15, 0.2) is 0 Å². The van der Waals surface area contributed by atoms with Gasteiger partial charge in [-0.2, -0.15) is 13.2 Å². The summed E-state index contributed by atoms with van der Waals surface area (Å²) in [6.07, 6.45) is -4.60. The number of carbonyl (C=O) groups is 2. The van der Waals surface area contributed by atoms with E-state index in [-0.39, 0.29) is 12.0 Å². The van der Waals surface area contributed by atoms with E-state index in [1.807, 2.05) is 0 Å². The van der Waals surface area contributed by atoms with Gasteiger partial charge in [-0.05, 0) is 29.8 Å². The van der Waals surface area contributed by atoms with Crippen molar-refractivity contribution in [2.24, 2.45) is 0 Å². The summed E-state index contributed by atoms with van der Waals surface area (Å²) < 4.78 is 38.8. The Bertz CT molecular complexity index is 793. The molecule has 2 aromatic carbocycles. The fraction of sp³-hybridized carbons (Fsp3) is 0.176. The van der Waals surface area contributed by atoms with Crippen LogP contribution in [0.15, 0.2) is 53.0 Å². The number of alkyl halides is 3. The first kappa shape index (κ1) is 19.0. The Labute approximate surface area is 149 Å². The SMILES string of the molecule is O=C(N[C@H](Cc1ccccc1Br)C(=O)O)c1cccc(C(F)(F)F)c1. The number of carboxylic acids is 1. The zero-order chi connectivity index (χ0) is 18.6. The maximum Gasteiger partial charge on any atom is 0.416 e. The van der Waals surface area contributed by atoms with Gasteiger partial charge in [0.2, 0.25) is 0 Å². The number of amides is 1. The first-order valence-corrected chi connectivity index (χ1v) is 7.92. The fourth-order valence-corrected chi connectivity index (χ4v) is 2.61. The van der Waals surface area contributed by atoms with E-state index in [0.717, 1.165) is 12.1 Å². The van der Waals surface area contributed by atoms with E-state index in [1.165, 1.54) is 6.07 Å². The molecule has 0 aliphatic rings. The van der Waals surface area contributed by atoms with E-state index in [2.05, 4.69) is 21.2 Å². The lowest BCUT2D eigenvalue weighted by Gasteiger charge is -2.16. The topological polar surface area (TPSA) is 66.4 Å². The Morgan fingerprint density at radius 1 is 1.12 bits per heavy atom. The van der Waals surface area contributed by atoms with Gasteiger partial charge >= 0.3 is 12.1 Å². The van der Waals surface area contributed by atoms with Crippen molar-refractivity contribution in [3.8, 4) is 0 Å². The van der Waals surface area contributed by atoms with Gasteiger partial charge in [-0.1, -0.05) is 40.2 Å². The Balaban J connectivity index is 2.18. The lowest BCUT2D eigenvalue weighted by molar-refractivity contribution is -0.139. The summed E-state index contributed by atoms with van der Waals surface area (Å²) >= 11 is 3.29. The molecule has 25 heavy (non-hydrogen) atoms. The number of carboxylic acid groups (broad SMARTS) is 1. The molecule has 8 heteroatoms. The molecule has 4 nitrogen and oxygen atoms in total. The van der Waals surface area contributed by atoms with Crippen molar-refractivity contribution >= 4 is 27.8 Å². The maximum absolute atomic E-state index is 12.7. The largest absolute Gasteiger partial charge is 0.480 e. The van der Waals surface area contributed by atoms with Gasteiger partial charge in [-0.25, -0.2) is 4.79 Å². The Morgan fingerprint density at radius 3 is 2.40 bits per heavy atom. The minimum Gasteiger partial charge on any atom is -0.480 e. The van der Waals surface area contributed by atoms with Gasteiger partial charge in [0.25, 0.3) is 5.91 Å². The van der Waals surface area contributed by atoms with E-state index in [4.69, 9.17) is 0 Å². The Morgan fingerprint density at radius 2 is 1.80 bits per heavy atom. The molecular weight excluding hydrogens is 403 g/mol. The molecule has 0 aliphatic carbocycles. The van der Waals surface area contributed by atoms with Crippen LogP contribution >= 0.6 is 15.9 Å². The summed E-state index contributed by atoms with van der Waals surface area (Å²) in [4.78, 5) is 23.6. The Kier molecular flexibility index (Phi) is 5.84. The highest BCUT2D eigenvalue weighted by Gasteiger charge is 2.31. The highest BCUT2D eigenvalue weighted by Crippen LogP contribution is 2.29. The van der Waals surface area contributed by atoms with Crippen LogP contribution in [-0.4, -0.2) is 23.0 Å². The zero-order valence-electron chi connectivity index (χ0n) is 12.7. The van der Waals surface area contributed by atoms with E-state index >= 15 is 0 Å². The molecule has 0 bridgehead atoms. The standard InChI is InChI=1S/C17H13BrF3NO3/c18-13-7-2-1-4-10(13)9-14(16(24)25)22-15(23)11-5-3-6-12(8-11)17(19,20)21/h1-8,14H,9H2,(H,22,23)(H,24,25)/t14-/m1/s1. The highest BCUT2D eigenvalue weighted by atomic mass is 79.9. The van der Waals surface area contributed by atoms with Crippen LogP contribution in [0, 0.1) is 0 Å². The molecule has 1 amide bonds. The molecule has 0 spiro atoms. The lowest BCUT2D eigenvalue weighted by Crippen LogP contribution is -2.42. The molecule has 1 atom stereocenters. The molecular formula is C17H13BrF3NO3. The molecule has 0 aliphatic heterocycles. The van der Waals surface area contributed by atoms with E-state index in [1.54, 1.807) is 24.3 Å². The molecule has 0 saturated carbocycles. The predicted molar refractivity (Wildman–Crippen MR) is 88.2 cm³/mol. The molecule has 132 valence electrons. The number of hydrogen-bond donors (Lipinski definition) is 2. The molecule has 0 heterocycles. The summed E-state index contributed by atoms with van der Waals surface area (Å²) in [6, 6.07) is 9.43. The molecule has 2 aromatic rings. The number of rotatable bonds is 5. The van der Waals surface area contributed by atoms with Crippen LogP contribution in [0.3, 0.4) is 0 Å². The number of aliphatic carboxylic acids is 1. The van der Waals surface area contributed by atoms with Crippen LogP contribution in [-0.2, 0) is 17.4 Å². The van der Waals surface area contributed by atoms with Crippen molar-refractivity contribution in [3.63, 3.8) is 0 Å². The highest BCUT2D eigenvalue weighted by molar-refractivity contribution is 9.10. The summed E-state index contributed by atoms with van der Waals surface area (Å²) in [5, 5.41) is 11.6. The number of nitrogens with one attached hydrogen (secondary N) is 1. The van der Waals surface area contributed by atoms with Crippen LogP contribution in [0.5, 0.6) is 0 Å². The molecule has 2 rings (SSSR count). The van der Waals surface area contributed by atoms with Crippen LogP contribution < -0.4 is 5.32 Å². The monoisotopic (exact) mass is 415 g/mol. The van der Waals surface area contributed by atoms with Crippen LogP contribution in [0.1, 0.15) is 21.5 Å². The maximum atomic E-state index is 12.7. The van der Waals surface area contributed by atoms with Gasteiger partial charge < -0.3 is 10.4 Å². The van der Waals surface area contributed by atoms with Crippen molar-refractivity contribution in [1.82, 2.24) is 5.32 Å². The number of benzene rings is 2. The molecule has 0 aromatic heterocycles. The first-order valence-electron chi connectivity index (χ1n) is 7.13. The molecule has 0 saturated heterocycles. The minimum atomic E-state index is -4.59. The van der Waals surface area contributed by atoms with Crippen molar-refractivity contribution in [2.45, 2.75) is 18.6 Å². The molecule has 0 fully saturated rings. The van der Waals surface area contributed by atoms with Gasteiger partial charge in [-0.3, -0.25) is 4.79 Å². The third-order valence-electron chi connectivity index (χ3n) is 3.44. The number of hydrogen-bond acceptors (Lipinski definition) is 2. The number of halogens is 4. The average Bonchev–Trinajstić information content (AvgIpc) is 2.55. The minimum absolute atomic E-state index is 0.0124. The third kappa shape index (κ3) is 5.06. The summed E-state index contributed by atoms with van der Waals surface area (Å²) in [5.41, 5.74) is -0.578. The molecule has 2 N–H and O–H groups in total. The smallest absolute Gasteiger partial charge is 0.416 e. The quantitative estimate of drug-likeness (QED) is 0.778. The molecule has 0 radical (unpaired) electrons. The molecule has 0 unspecified atom stereocenters. The summed E-state index contributed by atoms with van der Waals surface area (Å²) in [7, 11) is 0. The van der Waals surface area contributed by atoms with Gasteiger partial charge in [-0.15, -0.1) is 0 Å². The van der Waals surface area contributed by atoms with Gasteiger partial charge in [0, 0.05) is 16.5 Å². The third-order valence-corrected chi connectivity index (χ3v) is 4.21. The second-order valence-corrected chi connectivity index (χ2v) is 6.09. The van der Waals surface area contributed by atoms with Crippen LogP contribution in [0.4, 0.5) is 13.2 Å². The number of carbonyl (C=O) groups excluding carboxylic acids is 1. The van der Waals surface area contributed by atoms with Gasteiger partial charge in [0.1, 0.15) is 6.04 Å². The summed E-state index contributed by atoms with van der Waals surface area (Å²) in [6.45, 7) is 0. The Hall–Kier alpha value is -2.35. The predicted octanol–water partition coefficient (Wildman–Crippen LogP) is 3.89. The fourth-order valence-electron chi connectivity index (χ4n) is 2.16. The van der Waals surface area contributed by atoms with E-state index < -0.39 is 29.7 Å². The second kappa shape index (κ2) is 7.69. The van der Waals surface area contributed by atoms with Crippen molar-refractivity contribution in [2.75, 3.05) is 0 Å². The van der Waals surface area contributed by atoms with Crippen molar-refractivity contribution < 1.29 is 27.9 Å². The van der Waals surface area contributed by atoms with Crippen molar-refractivity contribution in [1.29, 1.82) is 0 Å². The van der Waals surface area contributed by atoms with E-state index in [9.17, 15) is 27.9 Å². The second-order valence-electron chi connectivity index (χ2n) is 5.24. The average molecular weight is 416 g/mol. The van der Waals surface area contributed by atoms with Crippen LogP contribution in [0.2, 0.25) is 0 Å². The zero-order valence-corrected chi connectivity index (χ0v) is 14.3.